The minimum Gasteiger partial charge on any atom is -0.310 e. The van der Waals surface area contributed by atoms with Gasteiger partial charge in [-0.15, -0.1) is 0 Å². The fourth-order valence-corrected chi connectivity index (χ4v) is 8.08. The quantitative estimate of drug-likeness (QED) is 0.162. The van der Waals surface area contributed by atoms with Crippen LogP contribution in [0.15, 0.2) is 218 Å². The van der Waals surface area contributed by atoms with E-state index in [2.05, 4.69) is 228 Å². The zero-order valence-corrected chi connectivity index (χ0v) is 29.7. The molecule has 0 fully saturated rings. The van der Waals surface area contributed by atoms with Gasteiger partial charge in [0.25, 0.3) is 0 Å². The van der Waals surface area contributed by atoms with Crippen molar-refractivity contribution >= 4 is 49.6 Å². The van der Waals surface area contributed by atoms with Crippen molar-refractivity contribution < 1.29 is 0 Å². The zero-order valence-electron chi connectivity index (χ0n) is 29.7. The minimum absolute atomic E-state index is 1.09. The van der Waals surface area contributed by atoms with Crippen molar-refractivity contribution in [1.29, 1.82) is 0 Å². The highest BCUT2D eigenvalue weighted by molar-refractivity contribution is 6.09. The van der Waals surface area contributed by atoms with Crippen LogP contribution < -0.4 is 4.90 Å². The maximum absolute atomic E-state index is 2.37. The van der Waals surface area contributed by atoms with Crippen LogP contribution >= 0.6 is 0 Å². The summed E-state index contributed by atoms with van der Waals surface area (Å²) in [5, 5.41) is 5.02. The van der Waals surface area contributed by atoms with Crippen molar-refractivity contribution in [3.05, 3.63) is 218 Å². The van der Waals surface area contributed by atoms with E-state index in [-0.39, 0.29) is 0 Å². The van der Waals surface area contributed by atoms with E-state index in [9.17, 15) is 0 Å². The highest BCUT2D eigenvalue weighted by Gasteiger charge is 2.17. The van der Waals surface area contributed by atoms with Crippen molar-refractivity contribution in [2.24, 2.45) is 0 Å². The molecule has 254 valence electrons. The number of benzene rings is 9. The molecule has 2 heteroatoms. The summed E-state index contributed by atoms with van der Waals surface area (Å²) in [6.07, 6.45) is 0. The van der Waals surface area contributed by atoms with Crippen LogP contribution in [0.1, 0.15) is 0 Å². The van der Waals surface area contributed by atoms with Gasteiger partial charge in [-0.2, -0.15) is 0 Å². The summed E-state index contributed by atoms with van der Waals surface area (Å²) in [6.45, 7) is 0. The number of fused-ring (bicyclic) bond motifs is 4. The van der Waals surface area contributed by atoms with E-state index in [1.165, 1.54) is 66.0 Å². The second kappa shape index (κ2) is 13.4. The molecule has 1 heterocycles. The van der Waals surface area contributed by atoms with E-state index >= 15 is 0 Å². The predicted molar refractivity (Wildman–Crippen MR) is 229 cm³/mol. The summed E-state index contributed by atoms with van der Waals surface area (Å²) in [5.74, 6) is 0. The van der Waals surface area contributed by atoms with Gasteiger partial charge in [0, 0.05) is 33.5 Å². The van der Waals surface area contributed by atoms with Crippen LogP contribution in [-0.4, -0.2) is 4.57 Å². The molecule has 0 atom stereocenters. The summed E-state index contributed by atoms with van der Waals surface area (Å²) in [5.41, 5.74) is 14.1. The summed E-state index contributed by atoms with van der Waals surface area (Å²) < 4.78 is 2.37. The van der Waals surface area contributed by atoms with Crippen LogP contribution in [0.4, 0.5) is 17.1 Å². The van der Waals surface area contributed by atoms with Crippen LogP contribution in [0.5, 0.6) is 0 Å². The molecule has 0 aliphatic heterocycles. The summed E-state index contributed by atoms with van der Waals surface area (Å²) in [7, 11) is 0. The topological polar surface area (TPSA) is 8.17 Å². The lowest BCUT2D eigenvalue weighted by atomic mass is 9.91. The van der Waals surface area contributed by atoms with Crippen LogP contribution in [0, 0.1) is 0 Å². The van der Waals surface area contributed by atoms with E-state index in [0.717, 1.165) is 22.7 Å². The second-order valence-corrected chi connectivity index (χ2v) is 13.8. The van der Waals surface area contributed by atoms with Crippen molar-refractivity contribution in [1.82, 2.24) is 4.57 Å². The third kappa shape index (κ3) is 5.53. The maximum atomic E-state index is 2.37. The smallest absolute Gasteiger partial charge is 0.0541 e. The predicted octanol–water partition coefficient (Wildman–Crippen LogP) is 14.4. The number of nitrogens with zero attached hydrogens (tertiary/aromatic N) is 2. The largest absolute Gasteiger partial charge is 0.310 e. The molecule has 0 amide bonds. The van der Waals surface area contributed by atoms with Crippen LogP contribution in [0.2, 0.25) is 0 Å². The molecule has 1 aromatic heterocycles. The molecule has 0 aliphatic carbocycles. The molecule has 0 radical (unpaired) electrons. The normalized spacial score (nSPS) is 11.3. The first-order valence-electron chi connectivity index (χ1n) is 18.5. The van der Waals surface area contributed by atoms with Gasteiger partial charge in [-0.25, -0.2) is 0 Å². The third-order valence-electron chi connectivity index (χ3n) is 10.6. The Morgan fingerprint density at radius 3 is 1.43 bits per heavy atom. The molecule has 0 saturated carbocycles. The maximum Gasteiger partial charge on any atom is 0.0541 e. The monoisotopic (exact) mass is 688 g/mol. The van der Waals surface area contributed by atoms with Gasteiger partial charge in [0.05, 0.1) is 11.0 Å². The van der Waals surface area contributed by atoms with E-state index < -0.39 is 0 Å². The first-order valence-corrected chi connectivity index (χ1v) is 18.5. The number of hydrogen-bond acceptors (Lipinski definition) is 1. The van der Waals surface area contributed by atoms with E-state index in [1.807, 2.05) is 0 Å². The minimum atomic E-state index is 1.09. The standard InChI is InChI=1S/C52H36N2/c1-3-14-37(15-4-1)38-28-30-42(31-29-38)53(43-32-34-44(35-33-43)54-50-26-9-7-22-48(50)49-23-8-10-27-51(49)54)45-21-11-20-41(36-45)47-25-13-19-40-18-12-24-46(52(40)47)39-16-5-2-6-17-39/h1-36H. The Bertz CT molecular complexity index is 2850. The Kier molecular flexibility index (Phi) is 7.85. The molecule has 10 aromatic rings. The van der Waals surface area contributed by atoms with Crippen molar-refractivity contribution in [2.75, 3.05) is 4.90 Å². The van der Waals surface area contributed by atoms with Crippen LogP contribution in [0.25, 0.3) is 71.6 Å². The molecule has 0 N–H and O–H groups in total. The number of para-hydroxylation sites is 2. The van der Waals surface area contributed by atoms with E-state index in [4.69, 9.17) is 0 Å². The van der Waals surface area contributed by atoms with Gasteiger partial charge < -0.3 is 9.47 Å². The lowest BCUT2D eigenvalue weighted by Gasteiger charge is -2.27. The second-order valence-electron chi connectivity index (χ2n) is 13.8. The van der Waals surface area contributed by atoms with Gasteiger partial charge in [0.15, 0.2) is 0 Å². The fraction of sp³-hybridized carbons (Fsp3) is 0. The van der Waals surface area contributed by atoms with E-state index in [0.29, 0.717) is 0 Å². The zero-order chi connectivity index (χ0) is 35.8. The SMILES string of the molecule is c1ccc(-c2ccc(N(c3ccc(-n4c5ccccc5c5ccccc54)cc3)c3cccc(-c4cccc5cccc(-c6ccccc6)c45)c3)cc2)cc1. The molecular weight excluding hydrogens is 653 g/mol. The third-order valence-corrected chi connectivity index (χ3v) is 10.6. The summed E-state index contributed by atoms with van der Waals surface area (Å²) in [4.78, 5) is 2.37. The highest BCUT2D eigenvalue weighted by atomic mass is 15.1. The molecule has 10 rings (SSSR count). The van der Waals surface area contributed by atoms with Gasteiger partial charge in [-0.3, -0.25) is 0 Å². The number of hydrogen-bond donors (Lipinski definition) is 0. The molecule has 0 spiro atoms. The molecular formula is C52H36N2. The van der Waals surface area contributed by atoms with Crippen molar-refractivity contribution in [3.63, 3.8) is 0 Å². The van der Waals surface area contributed by atoms with Crippen molar-refractivity contribution in [3.8, 4) is 39.1 Å². The average molecular weight is 689 g/mol. The number of rotatable bonds is 7. The fourth-order valence-electron chi connectivity index (χ4n) is 8.08. The lowest BCUT2D eigenvalue weighted by molar-refractivity contribution is 1.17. The van der Waals surface area contributed by atoms with Gasteiger partial charge in [0.2, 0.25) is 0 Å². The Morgan fingerprint density at radius 2 is 0.796 bits per heavy atom. The highest BCUT2D eigenvalue weighted by Crippen LogP contribution is 2.41. The Morgan fingerprint density at radius 1 is 0.315 bits per heavy atom. The molecule has 0 bridgehead atoms. The van der Waals surface area contributed by atoms with E-state index in [1.54, 1.807) is 0 Å². The Labute approximate surface area is 315 Å². The van der Waals surface area contributed by atoms with Crippen molar-refractivity contribution in [2.45, 2.75) is 0 Å². The lowest BCUT2D eigenvalue weighted by Crippen LogP contribution is -2.10. The number of anilines is 3. The number of aromatic nitrogens is 1. The molecule has 2 nitrogen and oxygen atoms in total. The first kappa shape index (κ1) is 31.6. The van der Waals surface area contributed by atoms with Gasteiger partial charge in [-0.1, -0.05) is 158 Å². The summed E-state index contributed by atoms with van der Waals surface area (Å²) >= 11 is 0. The first-order chi connectivity index (χ1) is 26.8. The van der Waals surface area contributed by atoms with Gasteiger partial charge in [0.1, 0.15) is 0 Å². The molecule has 0 aliphatic rings. The van der Waals surface area contributed by atoms with Gasteiger partial charge in [-0.05, 0) is 105 Å². The van der Waals surface area contributed by atoms with Crippen LogP contribution in [0.3, 0.4) is 0 Å². The molecule has 54 heavy (non-hydrogen) atoms. The molecule has 0 saturated heterocycles. The Balaban J connectivity index is 1.12. The molecule has 0 unspecified atom stereocenters. The molecule has 9 aromatic carbocycles. The van der Waals surface area contributed by atoms with Gasteiger partial charge >= 0.3 is 0 Å². The Hall–Kier alpha value is -7.16. The van der Waals surface area contributed by atoms with Crippen LogP contribution in [-0.2, 0) is 0 Å². The summed E-state index contributed by atoms with van der Waals surface area (Å²) in [6, 6.07) is 78.8. The average Bonchev–Trinajstić information content (AvgIpc) is 3.59.